The number of methoxy groups -OCH3 is 1. The van der Waals surface area contributed by atoms with Gasteiger partial charge in [-0.3, -0.25) is 0 Å². The summed E-state index contributed by atoms with van der Waals surface area (Å²) < 4.78 is 5.15. The molecule has 0 fully saturated rings. The molecule has 0 aliphatic carbocycles. The summed E-state index contributed by atoms with van der Waals surface area (Å²) in [5.74, 6) is 0.659. The lowest BCUT2D eigenvalue weighted by atomic mass is 9.99. The van der Waals surface area contributed by atoms with E-state index in [0.29, 0.717) is 5.75 Å². The Morgan fingerprint density at radius 1 is 0.667 bits per heavy atom. The molecule has 0 bridgehead atoms. The van der Waals surface area contributed by atoms with Crippen molar-refractivity contribution in [1.29, 1.82) is 0 Å². The summed E-state index contributed by atoms with van der Waals surface area (Å²) in [5.41, 5.74) is 4.07. The Kier molecular flexibility index (Phi) is 3.61. The topological polar surface area (TPSA) is 29.5 Å². The van der Waals surface area contributed by atoms with E-state index in [1.54, 1.807) is 13.2 Å². The highest BCUT2D eigenvalue weighted by Gasteiger charge is 2.09. The number of hydrogen-bond donors (Lipinski definition) is 1. The summed E-state index contributed by atoms with van der Waals surface area (Å²) in [4.78, 5) is 0. The first kappa shape index (κ1) is 13.3. The normalized spacial score (nSPS) is 10.3. The number of phenols is 1. The molecule has 2 heteroatoms. The molecule has 0 heterocycles. The first-order chi connectivity index (χ1) is 10.3. The molecule has 21 heavy (non-hydrogen) atoms. The molecule has 0 amide bonds. The number of rotatable bonds is 3. The van der Waals surface area contributed by atoms with Crippen molar-refractivity contribution >= 4 is 0 Å². The van der Waals surface area contributed by atoms with E-state index in [1.807, 2.05) is 42.5 Å². The van der Waals surface area contributed by atoms with Crippen LogP contribution in [0.3, 0.4) is 0 Å². The Bertz CT molecular complexity index is 731. The van der Waals surface area contributed by atoms with Crippen LogP contribution in [0.5, 0.6) is 11.5 Å². The first-order valence-corrected chi connectivity index (χ1v) is 6.81. The van der Waals surface area contributed by atoms with Gasteiger partial charge < -0.3 is 9.84 Å². The highest BCUT2D eigenvalue weighted by atomic mass is 16.5. The highest BCUT2D eigenvalue weighted by molar-refractivity contribution is 5.75. The fourth-order valence-corrected chi connectivity index (χ4v) is 2.39. The largest absolute Gasteiger partial charge is 0.504 e. The second kappa shape index (κ2) is 5.71. The van der Waals surface area contributed by atoms with Crippen LogP contribution in [0, 0.1) is 0 Å². The molecule has 1 N–H and O–H groups in total. The van der Waals surface area contributed by atoms with Gasteiger partial charge >= 0.3 is 0 Å². The number of phenolic OH excluding ortho intramolecular Hbond substituents is 1. The predicted octanol–water partition coefficient (Wildman–Crippen LogP) is 4.73. The third-order valence-corrected chi connectivity index (χ3v) is 3.52. The zero-order chi connectivity index (χ0) is 14.7. The van der Waals surface area contributed by atoms with Gasteiger partial charge in [-0.15, -0.1) is 0 Å². The third-order valence-electron chi connectivity index (χ3n) is 3.52. The van der Waals surface area contributed by atoms with Crippen molar-refractivity contribution in [2.75, 3.05) is 7.11 Å². The van der Waals surface area contributed by atoms with Crippen molar-refractivity contribution in [2.45, 2.75) is 0 Å². The maximum absolute atomic E-state index is 10.2. The lowest BCUT2D eigenvalue weighted by Gasteiger charge is -2.09. The van der Waals surface area contributed by atoms with E-state index >= 15 is 0 Å². The Balaban J connectivity index is 1.99. The van der Waals surface area contributed by atoms with Gasteiger partial charge in [0.25, 0.3) is 0 Å². The van der Waals surface area contributed by atoms with Crippen LogP contribution in [0.1, 0.15) is 0 Å². The smallest absolute Gasteiger partial charge is 0.165 e. The summed E-state index contributed by atoms with van der Waals surface area (Å²) in [6.45, 7) is 0. The van der Waals surface area contributed by atoms with Gasteiger partial charge in [-0.2, -0.15) is 0 Å². The Hall–Kier alpha value is -2.74. The lowest BCUT2D eigenvalue weighted by molar-refractivity contribution is 0.374. The minimum atomic E-state index is 0.174. The average Bonchev–Trinajstić information content (AvgIpc) is 2.56. The molecule has 2 nitrogen and oxygen atoms in total. The number of hydrogen-bond acceptors (Lipinski definition) is 2. The highest BCUT2D eigenvalue weighted by Crippen LogP contribution is 2.37. The molecule has 3 aromatic rings. The molecule has 0 radical (unpaired) electrons. The van der Waals surface area contributed by atoms with Crippen LogP contribution in [0.25, 0.3) is 22.3 Å². The summed E-state index contributed by atoms with van der Waals surface area (Å²) >= 11 is 0. The van der Waals surface area contributed by atoms with Gasteiger partial charge in [0.1, 0.15) is 0 Å². The van der Waals surface area contributed by atoms with Crippen LogP contribution in [-0.2, 0) is 0 Å². The second-order valence-corrected chi connectivity index (χ2v) is 4.80. The van der Waals surface area contributed by atoms with Crippen molar-refractivity contribution < 1.29 is 9.84 Å². The van der Waals surface area contributed by atoms with Crippen LogP contribution in [0.2, 0.25) is 0 Å². The maximum atomic E-state index is 10.2. The van der Waals surface area contributed by atoms with Crippen molar-refractivity contribution in [3.8, 4) is 33.8 Å². The maximum Gasteiger partial charge on any atom is 0.165 e. The zero-order valence-corrected chi connectivity index (χ0v) is 11.8. The van der Waals surface area contributed by atoms with Gasteiger partial charge in [0.05, 0.1) is 7.11 Å². The number of benzene rings is 3. The van der Waals surface area contributed by atoms with Gasteiger partial charge in [0.15, 0.2) is 11.5 Å². The minimum absolute atomic E-state index is 0.174. The summed E-state index contributed by atoms with van der Waals surface area (Å²) in [5, 5.41) is 10.2. The first-order valence-electron chi connectivity index (χ1n) is 6.81. The van der Waals surface area contributed by atoms with Gasteiger partial charge in [0, 0.05) is 5.56 Å². The van der Waals surface area contributed by atoms with Crippen LogP contribution in [-0.4, -0.2) is 12.2 Å². The van der Waals surface area contributed by atoms with Crippen LogP contribution < -0.4 is 4.74 Å². The molecular formula is C19H16O2. The minimum Gasteiger partial charge on any atom is -0.504 e. The van der Waals surface area contributed by atoms with Gasteiger partial charge in [-0.05, 0) is 22.8 Å². The molecule has 0 aliphatic rings. The average molecular weight is 276 g/mol. The van der Waals surface area contributed by atoms with Gasteiger partial charge in [0.2, 0.25) is 0 Å². The molecule has 0 saturated carbocycles. The fourth-order valence-electron chi connectivity index (χ4n) is 2.39. The summed E-state index contributed by atoms with van der Waals surface area (Å²) in [7, 11) is 1.55. The Morgan fingerprint density at radius 3 is 1.95 bits per heavy atom. The summed E-state index contributed by atoms with van der Waals surface area (Å²) in [6, 6.07) is 23.9. The second-order valence-electron chi connectivity index (χ2n) is 4.80. The molecule has 104 valence electrons. The van der Waals surface area contributed by atoms with Gasteiger partial charge in [-0.25, -0.2) is 0 Å². The molecule has 3 aromatic carbocycles. The van der Waals surface area contributed by atoms with Crippen molar-refractivity contribution in [1.82, 2.24) is 0 Å². The number of ether oxygens (including phenoxy) is 1. The lowest BCUT2D eigenvalue weighted by Crippen LogP contribution is -1.86. The molecule has 0 aliphatic heterocycles. The molecule has 0 saturated heterocycles. The molecule has 0 aromatic heterocycles. The predicted molar refractivity (Wildman–Crippen MR) is 85.5 cm³/mol. The van der Waals surface area contributed by atoms with E-state index in [2.05, 4.69) is 24.3 Å². The summed E-state index contributed by atoms with van der Waals surface area (Å²) in [6.07, 6.45) is 0. The van der Waals surface area contributed by atoms with Gasteiger partial charge in [-0.1, -0.05) is 66.7 Å². The van der Waals surface area contributed by atoms with E-state index in [9.17, 15) is 5.11 Å². The molecule has 0 spiro atoms. The molecule has 0 unspecified atom stereocenters. The standard InChI is InChI=1S/C19H16O2/c1-21-18-9-5-8-17(19(18)20)16-12-10-15(11-13-16)14-6-3-2-4-7-14/h2-13,20H,1H3. The Morgan fingerprint density at radius 2 is 1.29 bits per heavy atom. The van der Waals surface area contributed by atoms with Crippen LogP contribution in [0.4, 0.5) is 0 Å². The molecule has 3 rings (SSSR count). The van der Waals surface area contributed by atoms with Crippen molar-refractivity contribution in [3.63, 3.8) is 0 Å². The van der Waals surface area contributed by atoms with E-state index in [-0.39, 0.29) is 5.75 Å². The van der Waals surface area contributed by atoms with Crippen molar-refractivity contribution in [3.05, 3.63) is 72.8 Å². The van der Waals surface area contributed by atoms with E-state index in [1.165, 1.54) is 5.56 Å². The van der Waals surface area contributed by atoms with Crippen LogP contribution in [0.15, 0.2) is 72.8 Å². The molecule has 0 atom stereocenters. The van der Waals surface area contributed by atoms with E-state index in [4.69, 9.17) is 4.74 Å². The van der Waals surface area contributed by atoms with E-state index < -0.39 is 0 Å². The van der Waals surface area contributed by atoms with Crippen LogP contribution >= 0.6 is 0 Å². The third kappa shape index (κ3) is 2.61. The Labute approximate surface area is 124 Å². The zero-order valence-electron chi connectivity index (χ0n) is 11.8. The SMILES string of the molecule is COc1cccc(-c2ccc(-c3ccccc3)cc2)c1O. The molecular weight excluding hydrogens is 260 g/mol. The monoisotopic (exact) mass is 276 g/mol. The fraction of sp³-hybridized carbons (Fsp3) is 0.0526. The quantitative estimate of drug-likeness (QED) is 0.749. The van der Waals surface area contributed by atoms with Crippen molar-refractivity contribution in [2.24, 2.45) is 0 Å². The number of aromatic hydroxyl groups is 1. The number of para-hydroxylation sites is 1. The van der Waals surface area contributed by atoms with E-state index in [0.717, 1.165) is 16.7 Å².